The van der Waals surface area contributed by atoms with E-state index in [1.807, 2.05) is 13.1 Å². The van der Waals surface area contributed by atoms with Crippen molar-refractivity contribution in [3.8, 4) is 0 Å². The maximum atomic E-state index is 5.97. The van der Waals surface area contributed by atoms with Crippen LogP contribution in [0.25, 0.3) is 0 Å². The zero-order valence-electron chi connectivity index (χ0n) is 10.2. The van der Waals surface area contributed by atoms with Crippen LogP contribution in [0.3, 0.4) is 0 Å². The molecule has 0 spiro atoms. The minimum Gasteiger partial charge on any atom is -0.359 e. The Bertz CT molecular complexity index is 341. The summed E-state index contributed by atoms with van der Waals surface area (Å²) in [4.78, 5) is 6.46. The molecule has 0 saturated heterocycles. The van der Waals surface area contributed by atoms with Crippen LogP contribution in [-0.4, -0.2) is 18.6 Å². The molecule has 0 aliphatic heterocycles. The molecule has 0 bridgehead atoms. The first kappa shape index (κ1) is 13.3. The second-order valence-corrected chi connectivity index (χ2v) is 4.64. The molecule has 1 unspecified atom stereocenters. The summed E-state index contributed by atoms with van der Waals surface area (Å²) >= 11 is 5.97. The fraction of sp³-hybridized carbons (Fsp3) is 0.583. The third-order valence-corrected chi connectivity index (χ3v) is 3.15. The summed E-state index contributed by atoms with van der Waals surface area (Å²) in [7, 11) is 2.04. The minimum absolute atomic E-state index is 0.450. The number of nitrogens with zero attached hydrogens (tertiary/aromatic N) is 2. The van der Waals surface area contributed by atoms with E-state index in [2.05, 4.69) is 23.7 Å². The molecule has 1 atom stereocenters. The number of hydrogen-bond acceptors (Lipinski definition) is 3. The number of aromatic nitrogens is 1. The summed E-state index contributed by atoms with van der Waals surface area (Å²) in [6, 6.07) is 1.96. The SMILES string of the molecule is CCC(C)CN(C)c1cc(CN)c(Cl)cn1. The summed E-state index contributed by atoms with van der Waals surface area (Å²) in [5.41, 5.74) is 6.56. The highest BCUT2D eigenvalue weighted by Crippen LogP contribution is 2.20. The molecule has 0 aliphatic rings. The number of anilines is 1. The molecule has 0 aromatic carbocycles. The van der Waals surface area contributed by atoms with Crippen LogP contribution >= 0.6 is 11.6 Å². The van der Waals surface area contributed by atoms with Crippen molar-refractivity contribution >= 4 is 17.4 Å². The largest absolute Gasteiger partial charge is 0.359 e. The molecule has 1 aromatic heterocycles. The van der Waals surface area contributed by atoms with E-state index in [-0.39, 0.29) is 0 Å². The first-order chi connectivity index (χ1) is 7.58. The zero-order valence-corrected chi connectivity index (χ0v) is 11.0. The second kappa shape index (κ2) is 6.06. The lowest BCUT2D eigenvalue weighted by Gasteiger charge is -2.22. The molecule has 0 aliphatic carbocycles. The zero-order chi connectivity index (χ0) is 12.1. The van der Waals surface area contributed by atoms with Gasteiger partial charge in [0.05, 0.1) is 5.02 Å². The molecule has 4 heteroatoms. The van der Waals surface area contributed by atoms with E-state index in [4.69, 9.17) is 17.3 Å². The van der Waals surface area contributed by atoms with Crippen LogP contribution in [0.5, 0.6) is 0 Å². The van der Waals surface area contributed by atoms with Gasteiger partial charge in [-0.2, -0.15) is 0 Å². The van der Waals surface area contributed by atoms with E-state index < -0.39 is 0 Å². The van der Waals surface area contributed by atoms with Gasteiger partial charge in [0.25, 0.3) is 0 Å². The van der Waals surface area contributed by atoms with Crippen molar-refractivity contribution < 1.29 is 0 Å². The van der Waals surface area contributed by atoms with Crippen molar-refractivity contribution in [2.45, 2.75) is 26.8 Å². The van der Waals surface area contributed by atoms with Gasteiger partial charge in [0.1, 0.15) is 5.82 Å². The number of pyridine rings is 1. The molecule has 1 heterocycles. The van der Waals surface area contributed by atoms with E-state index >= 15 is 0 Å². The molecular weight excluding hydrogens is 222 g/mol. The van der Waals surface area contributed by atoms with Crippen LogP contribution in [0.15, 0.2) is 12.3 Å². The Balaban J connectivity index is 2.79. The van der Waals surface area contributed by atoms with Crippen molar-refractivity contribution in [2.24, 2.45) is 11.7 Å². The van der Waals surface area contributed by atoms with Crippen LogP contribution in [0.1, 0.15) is 25.8 Å². The van der Waals surface area contributed by atoms with Crippen molar-refractivity contribution in [2.75, 3.05) is 18.5 Å². The molecule has 2 N–H and O–H groups in total. The molecule has 0 amide bonds. The summed E-state index contributed by atoms with van der Waals surface area (Å²) in [6.45, 7) is 5.87. The lowest BCUT2D eigenvalue weighted by Crippen LogP contribution is -2.24. The molecule has 90 valence electrons. The Morgan fingerprint density at radius 2 is 2.25 bits per heavy atom. The Hall–Kier alpha value is -0.800. The van der Waals surface area contributed by atoms with Crippen molar-refractivity contribution in [1.29, 1.82) is 0 Å². The van der Waals surface area contributed by atoms with Crippen LogP contribution in [0, 0.1) is 5.92 Å². The fourth-order valence-electron chi connectivity index (χ4n) is 1.52. The summed E-state index contributed by atoms with van der Waals surface area (Å²) in [5.74, 6) is 1.59. The topological polar surface area (TPSA) is 42.1 Å². The monoisotopic (exact) mass is 241 g/mol. The highest BCUT2D eigenvalue weighted by molar-refractivity contribution is 6.31. The number of rotatable bonds is 5. The molecule has 0 radical (unpaired) electrons. The highest BCUT2D eigenvalue weighted by atomic mass is 35.5. The van der Waals surface area contributed by atoms with Gasteiger partial charge in [-0.1, -0.05) is 31.9 Å². The predicted octanol–water partition coefficient (Wildman–Crippen LogP) is 2.68. The fourth-order valence-corrected chi connectivity index (χ4v) is 1.70. The average molecular weight is 242 g/mol. The van der Waals surface area contributed by atoms with Gasteiger partial charge < -0.3 is 10.6 Å². The normalized spacial score (nSPS) is 12.6. The van der Waals surface area contributed by atoms with Crippen LogP contribution in [-0.2, 0) is 6.54 Å². The van der Waals surface area contributed by atoms with E-state index in [0.29, 0.717) is 17.5 Å². The minimum atomic E-state index is 0.450. The van der Waals surface area contributed by atoms with Crippen molar-refractivity contribution in [3.63, 3.8) is 0 Å². The Kier molecular flexibility index (Phi) is 5.03. The smallest absolute Gasteiger partial charge is 0.128 e. The van der Waals surface area contributed by atoms with E-state index in [1.54, 1.807) is 6.20 Å². The lowest BCUT2D eigenvalue weighted by atomic mass is 10.1. The number of halogens is 1. The third-order valence-electron chi connectivity index (χ3n) is 2.81. The van der Waals surface area contributed by atoms with Crippen LogP contribution in [0.2, 0.25) is 5.02 Å². The van der Waals surface area contributed by atoms with Gasteiger partial charge in [-0.05, 0) is 17.5 Å². The van der Waals surface area contributed by atoms with Crippen molar-refractivity contribution in [1.82, 2.24) is 4.98 Å². The Morgan fingerprint density at radius 3 is 2.81 bits per heavy atom. The Morgan fingerprint density at radius 1 is 1.56 bits per heavy atom. The third kappa shape index (κ3) is 3.35. The van der Waals surface area contributed by atoms with E-state index in [9.17, 15) is 0 Å². The standard InChI is InChI=1S/C12H20ClN3/c1-4-9(2)8-16(3)12-5-10(6-14)11(13)7-15-12/h5,7,9H,4,6,8,14H2,1-3H3. The second-order valence-electron chi connectivity index (χ2n) is 4.23. The molecule has 1 rings (SSSR count). The molecule has 16 heavy (non-hydrogen) atoms. The maximum Gasteiger partial charge on any atom is 0.128 e. The van der Waals surface area contributed by atoms with Gasteiger partial charge >= 0.3 is 0 Å². The van der Waals surface area contributed by atoms with Crippen LogP contribution in [0.4, 0.5) is 5.82 Å². The van der Waals surface area contributed by atoms with Crippen LogP contribution < -0.4 is 10.6 Å². The molecule has 1 aromatic rings. The first-order valence-corrected chi connectivity index (χ1v) is 6.01. The maximum absolute atomic E-state index is 5.97. The van der Waals surface area contributed by atoms with Gasteiger partial charge in [-0.25, -0.2) is 4.98 Å². The summed E-state index contributed by atoms with van der Waals surface area (Å²) in [6.07, 6.45) is 2.84. The van der Waals surface area contributed by atoms with Gasteiger partial charge in [0.15, 0.2) is 0 Å². The molecule has 0 saturated carbocycles. The first-order valence-electron chi connectivity index (χ1n) is 5.64. The van der Waals surface area contributed by atoms with E-state index in [1.165, 1.54) is 6.42 Å². The summed E-state index contributed by atoms with van der Waals surface area (Å²) < 4.78 is 0. The highest BCUT2D eigenvalue weighted by Gasteiger charge is 2.08. The van der Waals surface area contributed by atoms with Gasteiger partial charge in [-0.3, -0.25) is 0 Å². The number of nitrogens with two attached hydrogens (primary N) is 1. The lowest BCUT2D eigenvalue weighted by molar-refractivity contribution is 0.557. The van der Waals surface area contributed by atoms with Gasteiger partial charge in [0.2, 0.25) is 0 Å². The van der Waals surface area contributed by atoms with Gasteiger partial charge in [0, 0.05) is 26.3 Å². The predicted molar refractivity (Wildman–Crippen MR) is 69.9 cm³/mol. The van der Waals surface area contributed by atoms with Gasteiger partial charge in [-0.15, -0.1) is 0 Å². The average Bonchev–Trinajstić information content (AvgIpc) is 2.29. The molecule has 3 nitrogen and oxygen atoms in total. The Labute approximate surface area is 103 Å². The number of hydrogen-bond donors (Lipinski definition) is 1. The summed E-state index contributed by atoms with van der Waals surface area (Å²) in [5, 5.41) is 0.642. The van der Waals surface area contributed by atoms with E-state index in [0.717, 1.165) is 17.9 Å². The quantitative estimate of drug-likeness (QED) is 0.862. The molecular formula is C12H20ClN3. The molecule has 0 fully saturated rings. The van der Waals surface area contributed by atoms with Crippen molar-refractivity contribution in [3.05, 3.63) is 22.8 Å².